The summed E-state index contributed by atoms with van der Waals surface area (Å²) in [6, 6.07) is 8.24. The van der Waals surface area contributed by atoms with Crippen molar-refractivity contribution in [2.45, 2.75) is 25.6 Å². The van der Waals surface area contributed by atoms with Crippen LogP contribution in [0.25, 0.3) is 0 Å². The molecule has 200 valence electrons. The molecule has 0 spiro atoms. The average Bonchev–Trinajstić information content (AvgIpc) is 3.38. The minimum atomic E-state index is -4.60. The number of alkyl halides is 3. The van der Waals surface area contributed by atoms with Gasteiger partial charge < -0.3 is 20.1 Å². The number of anilines is 2. The predicted octanol–water partition coefficient (Wildman–Crippen LogP) is 5.20. The van der Waals surface area contributed by atoms with E-state index in [1.165, 1.54) is 44.0 Å². The topological polar surface area (TPSA) is 102 Å². The van der Waals surface area contributed by atoms with Gasteiger partial charge in [0.05, 0.1) is 35.9 Å². The summed E-state index contributed by atoms with van der Waals surface area (Å²) >= 11 is 6.39. The van der Waals surface area contributed by atoms with Crippen molar-refractivity contribution in [1.29, 1.82) is 0 Å². The Morgan fingerprint density at radius 1 is 1.16 bits per heavy atom. The van der Waals surface area contributed by atoms with Crippen LogP contribution in [0.2, 0.25) is 5.02 Å². The highest BCUT2D eigenvalue weighted by Gasteiger charge is 2.44. The predicted molar refractivity (Wildman–Crippen MR) is 133 cm³/mol. The fourth-order valence-electron chi connectivity index (χ4n) is 4.14. The summed E-state index contributed by atoms with van der Waals surface area (Å²) < 4.78 is 50.9. The number of carbonyl (C=O) groups excluding carboxylic acids is 2. The first-order valence-corrected chi connectivity index (χ1v) is 11.9. The lowest BCUT2D eigenvalue weighted by atomic mass is 9.80. The van der Waals surface area contributed by atoms with Crippen molar-refractivity contribution in [2.75, 3.05) is 25.6 Å². The highest BCUT2D eigenvalue weighted by Crippen LogP contribution is 2.39. The van der Waals surface area contributed by atoms with Crippen LogP contribution in [0.4, 0.5) is 24.5 Å². The fraction of sp³-hybridized carbons (Fsp3) is 0.308. The second-order valence-corrected chi connectivity index (χ2v) is 9.24. The lowest BCUT2D eigenvalue weighted by Crippen LogP contribution is -2.42. The molecule has 0 bridgehead atoms. The molecule has 0 saturated carbocycles. The molecule has 12 heteroatoms. The smallest absolute Gasteiger partial charge is 0.418 e. The van der Waals surface area contributed by atoms with Crippen molar-refractivity contribution in [1.82, 2.24) is 15.3 Å². The van der Waals surface area contributed by atoms with Crippen molar-refractivity contribution in [3.8, 4) is 5.75 Å². The summed E-state index contributed by atoms with van der Waals surface area (Å²) in [5.74, 6) is -0.542. The molecule has 1 saturated heterocycles. The summed E-state index contributed by atoms with van der Waals surface area (Å²) in [5, 5.41) is 5.80. The van der Waals surface area contributed by atoms with Gasteiger partial charge in [-0.15, -0.1) is 0 Å². The van der Waals surface area contributed by atoms with E-state index in [-0.39, 0.29) is 47.7 Å². The molecule has 1 atom stereocenters. The lowest BCUT2D eigenvalue weighted by molar-refractivity contribution is -0.137. The highest BCUT2D eigenvalue weighted by atomic mass is 35.5. The van der Waals surface area contributed by atoms with E-state index in [9.17, 15) is 22.8 Å². The van der Waals surface area contributed by atoms with Gasteiger partial charge in [0.2, 0.25) is 5.91 Å². The molecule has 1 amide bonds. The number of carbonyl (C=O) groups is 2. The largest absolute Gasteiger partial charge is 0.497 e. The Bertz CT molecular complexity index is 1320. The van der Waals surface area contributed by atoms with E-state index in [0.29, 0.717) is 29.8 Å². The minimum absolute atomic E-state index is 0.0542. The molecule has 1 fully saturated rings. The van der Waals surface area contributed by atoms with Gasteiger partial charge in [0.15, 0.2) is 5.78 Å². The number of rotatable bonds is 9. The molecule has 38 heavy (non-hydrogen) atoms. The maximum absolute atomic E-state index is 13.5. The van der Waals surface area contributed by atoms with Gasteiger partial charge in [0.1, 0.15) is 12.1 Å². The van der Waals surface area contributed by atoms with Gasteiger partial charge in [-0.2, -0.15) is 13.2 Å². The quantitative estimate of drug-likeness (QED) is 0.354. The summed E-state index contributed by atoms with van der Waals surface area (Å²) in [7, 11) is 1.29. The molecular weight excluding hydrogens is 525 g/mol. The standard InChI is InChI=1S/C26H24ClF3N4O4/c1-37-19-4-5-22(20(9-19)26(28,29)30)34-18-3-2-16(21(27)8-18)13-33-24(36)25(6-7-38-14-25)10-23(35)17-11-31-15-32-12-17/h2-5,8-9,11-12,15,34H,6-7,10,13-14H2,1H3,(H,33,36)/t25-/m0/s1. The molecule has 2 aromatic carbocycles. The SMILES string of the molecule is COc1ccc(Nc2ccc(CNC(=O)[C@]3(CC(=O)c4cncnc4)CCOC3)c(Cl)c2)c(C(F)(F)F)c1. The number of nitrogens with one attached hydrogen (secondary N) is 2. The van der Waals surface area contributed by atoms with E-state index in [2.05, 4.69) is 20.6 Å². The molecule has 4 rings (SSSR count). The molecule has 0 aliphatic carbocycles. The summed E-state index contributed by atoms with van der Waals surface area (Å²) in [6.07, 6.45) is -0.176. The Balaban J connectivity index is 1.44. The first kappa shape index (κ1) is 27.3. The number of aromatic nitrogens is 2. The van der Waals surface area contributed by atoms with Crippen LogP contribution in [0.15, 0.2) is 55.1 Å². The van der Waals surface area contributed by atoms with Crippen molar-refractivity contribution >= 4 is 34.7 Å². The number of methoxy groups -OCH3 is 1. The van der Waals surface area contributed by atoms with Gasteiger partial charge in [-0.25, -0.2) is 9.97 Å². The normalized spacial score (nSPS) is 17.2. The number of benzene rings is 2. The monoisotopic (exact) mass is 548 g/mol. The van der Waals surface area contributed by atoms with Gasteiger partial charge in [0.25, 0.3) is 0 Å². The van der Waals surface area contributed by atoms with Crippen molar-refractivity contribution < 1.29 is 32.2 Å². The number of halogens is 4. The van der Waals surface area contributed by atoms with Crippen LogP contribution in [-0.4, -0.2) is 42.0 Å². The number of amides is 1. The van der Waals surface area contributed by atoms with E-state index in [0.717, 1.165) is 6.07 Å². The van der Waals surface area contributed by atoms with Crippen LogP contribution in [-0.2, 0) is 22.3 Å². The maximum Gasteiger partial charge on any atom is 0.418 e. The Morgan fingerprint density at radius 3 is 2.55 bits per heavy atom. The number of Topliss-reactive ketones (excluding diaryl/α,β-unsaturated/α-hetero) is 1. The van der Waals surface area contributed by atoms with E-state index in [1.807, 2.05) is 0 Å². The zero-order valence-electron chi connectivity index (χ0n) is 20.3. The van der Waals surface area contributed by atoms with E-state index in [1.54, 1.807) is 12.1 Å². The minimum Gasteiger partial charge on any atom is -0.497 e. The Labute approximate surface area is 221 Å². The average molecular weight is 549 g/mol. The third kappa shape index (κ3) is 6.22. The van der Waals surface area contributed by atoms with Crippen LogP contribution in [0.5, 0.6) is 5.75 Å². The number of ketones is 1. The summed E-state index contributed by atoms with van der Waals surface area (Å²) in [5.41, 5.74) is -0.894. The van der Waals surface area contributed by atoms with Gasteiger partial charge in [-0.1, -0.05) is 17.7 Å². The Hall–Kier alpha value is -3.70. The number of nitrogens with zero attached hydrogens (tertiary/aromatic N) is 2. The Kier molecular flexibility index (Phi) is 8.17. The fourth-order valence-corrected chi connectivity index (χ4v) is 4.39. The van der Waals surface area contributed by atoms with Crippen LogP contribution in [0, 0.1) is 5.41 Å². The van der Waals surface area contributed by atoms with Crippen molar-refractivity contribution in [3.05, 3.63) is 76.8 Å². The summed E-state index contributed by atoms with van der Waals surface area (Å²) in [4.78, 5) is 33.6. The molecule has 0 radical (unpaired) electrons. The van der Waals surface area contributed by atoms with Gasteiger partial charge in [0, 0.05) is 42.7 Å². The number of hydrogen-bond acceptors (Lipinski definition) is 7. The third-order valence-corrected chi connectivity index (χ3v) is 6.62. The molecule has 3 aromatic rings. The molecule has 2 N–H and O–H groups in total. The van der Waals surface area contributed by atoms with Crippen LogP contribution in [0.1, 0.15) is 34.3 Å². The van der Waals surface area contributed by atoms with Crippen molar-refractivity contribution in [2.24, 2.45) is 5.41 Å². The zero-order valence-corrected chi connectivity index (χ0v) is 21.0. The second kappa shape index (κ2) is 11.4. The second-order valence-electron chi connectivity index (χ2n) is 8.83. The first-order valence-electron chi connectivity index (χ1n) is 11.6. The van der Waals surface area contributed by atoms with E-state index >= 15 is 0 Å². The summed E-state index contributed by atoms with van der Waals surface area (Å²) in [6.45, 7) is 0.495. The van der Waals surface area contributed by atoms with Crippen LogP contribution < -0.4 is 15.4 Å². The van der Waals surface area contributed by atoms with Crippen LogP contribution in [0.3, 0.4) is 0 Å². The van der Waals surface area contributed by atoms with Gasteiger partial charge >= 0.3 is 6.18 Å². The maximum atomic E-state index is 13.5. The Morgan fingerprint density at radius 2 is 1.92 bits per heavy atom. The number of ether oxygens (including phenoxy) is 2. The van der Waals surface area contributed by atoms with E-state index < -0.39 is 17.2 Å². The molecule has 1 aliphatic rings. The molecule has 1 aliphatic heterocycles. The highest BCUT2D eigenvalue weighted by molar-refractivity contribution is 6.31. The van der Waals surface area contributed by atoms with E-state index in [4.69, 9.17) is 21.1 Å². The molecule has 0 unspecified atom stereocenters. The molecule has 8 nitrogen and oxygen atoms in total. The molecule has 1 aromatic heterocycles. The first-order chi connectivity index (χ1) is 18.1. The van der Waals surface area contributed by atoms with Crippen LogP contribution >= 0.6 is 11.6 Å². The number of hydrogen-bond donors (Lipinski definition) is 2. The molecule has 2 heterocycles. The zero-order chi connectivity index (χ0) is 27.3. The third-order valence-electron chi connectivity index (χ3n) is 6.27. The van der Waals surface area contributed by atoms with Crippen molar-refractivity contribution in [3.63, 3.8) is 0 Å². The molecular formula is C26H24ClF3N4O4. The van der Waals surface area contributed by atoms with Gasteiger partial charge in [-0.05, 0) is 42.3 Å². The lowest BCUT2D eigenvalue weighted by Gasteiger charge is -2.25. The van der Waals surface area contributed by atoms with Gasteiger partial charge in [-0.3, -0.25) is 9.59 Å².